The second-order valence-corrected chi connectivity index (χ2v) is 7.04. The quantitative estimate of drug-likeness (QED) is 0.244. The van der Waals surface area contributed by atoms with Gasteiger partial charge in [-0.15, -0.1) is 0 Å². The highest BCUT2D eigenvalue weighted by molar-refractivity contribution is 9.10. The van der Waals surface area contributed by atoms with Gasteiger partial charge in [-0.05, 0) is 51.8 Å². The van der Waals surface area contributed by atoms with Gasteiger partial charge in [0.2, 0.25) is 0 Å². The highest BCUT2D eigenvalue weighted by atomic mass is 79.9. The topological polar surface area (TPSA) is 65.0 Å². The van der Waals surface area contributed by atoms with Crippen molar-refractivity contribution in [3.8, 4) is 5.75 Å². The molecule has 0 bridgehead atoms. The summed E-state index contributed by atoms with van der Waals surface area (Å²) in [5, 5.41) is 3.89. The van der Waals surface area contributed by atoms with E-state index in [1.54, 1.807) is 48.5 Å². The van der Waals surface area contributed by atoms with Gasteiger partial charge in [-0.1, -0.05) is 59.8 Å². The van der Waals surface area contributed by atoms with Gasteiger partial charge in [0, 0.05) is 10.0 Å². The fourth-order valence-corrected chi connectivity index (χ4v) is 3.25. The Kier molecular flexibility index (Phi) is 5.35. The maximum absolute atomic E-state index is 12.3. The van der Waals surface area contributed by atoms with Crippen LogP contribution in [0.5, 0.6) is 5.75 Å². The first kappa shape index (κ1) is 18.8. The molecule has 3 aromatic rings. The van der Waals surface area contributed by atoms with E-state index in [2.05, 4.69) is 21.1 Å². The lowest BCUT2D eigenvalue weighted by Gasteiger charge is -2.06. The third-order valence-electron chi connectivity index (χ3n) is 4.24. The molecule has 6 heteroatoms. The van der Waals surface area contributed by atoms with Crippen LogP contribution in [0.3, 0.4) is 0 Å². The Hall–Kier alpha value is -3.51. The monoisotopic (exact) mass is 447 g/mol. The molecule has 0 unspecified atom stereocenters. The van der Waals surface area contributed by atoms with E-state index in [-0.39, 0.29) is 0 Å². The zero-order chi connectivity index (χ0) is 20.2. The average Bonchev–Trinajstić information content (AvgIpc) is 3.10. The minimum Gasteiger partial charge on any atom is -0.423 e. The molecule has 0 saturated carbocycles. The maximum atomic E-state index is 12.3. The third kappa shape index (κ3) is 4.17. The second-order valence-electron chi connectivity index (χ2n) is 6.18. The Bertz CT molecular complexity index is 1140. The number of hydrogen-bond donors (Lipinski definition) is 0. The Morgan fingerprint density at radius 3 is 2.34 bits per heavy atom. The molecule has 1 aliphatic heterocycles. The van der Waals surface area contributed by atoms with Gasteiger partial charge >= 0.3 is 11.9 Å². The van der Waals surface area contributed by atoms with Crippen LogP contribution < -0.4 is 4.74 Å². The number of ether oxygens (including phenoxy) is 1. The smallest absolute Gasteiger partial charge is 0.368 e. The zero-order valence-corrected chi connectivity index (χ0v) is 16.6. The summed E-state index contributed by atoms with van der Waals surface area (Å²) in [6.07, 6.45) is 1.69. The zero-order valence-electron chi connectivity index (χ0n) is 15.0. The summed E-state index contributed by atoms with van der Waals surface area (Å²) in [6, 6.07) is 23.2. The normalized spacial score (nSPS) is 14.4. The number of oxime groups is 1. The number of rotatable bonds is 4. The van der Waals surface area contributed by atoms with Crippen molar-refractivity contribution in [2.24, 2.45) is 5.16 Å². The van der Waals surface area contributed by atoms with E-state index in [4.69, 9.17) is 9.57 Å². The molecule has 5 nitrogen and oxygen atoms in total. The van der Waals surface area contributed by atoms with E-state index in [9.17, 15) is 9.59 Å². The lowest BCUT2D eigenvalue weighted by molar-refractivity contribution is -0.136. The summed E-state index contributed by atoms with van der Waals surface area (Å²) in [5.74, 6) is -0.561. The van der Waals surface area contributed by atoms with Crippen LogP contribution in [-0.2, 0) is 9.63 Å². The first-order valence-electron chi connectivity index (χ1n) is 8.75. The van der Waals surface area contributed by atoms with Crippen LogP contribution in [0.2, 0.25) is 0 Å². The van der Waals surface area contributed by atoms with Crippen molar-refractivity contribution in [2.75, 3.05) is 0 Å². The Labute approximate surface area is 175 Å². The molecule has 0 aliphatic carbocycles. The SMILES string of the molecule is O=C1ON=C(c2ccccc2)/C1=C\c1ccc(OC(=O)c2ccccc2Br)cc1. The molecule has 142 valence electrons. The number of hydrogen-bond acceptors (Lipinski definition) is 5. The predicted octanol–water partition coefficient (Wildman–Crippen LogP) is 5.01. The Balaban J connectivity index is 1.53. The molecule has 1 aliphatic rings. The van der Waals surface area contributed by atoms with Crippen LogP contribution in [0.25, 0.3) is 6.08 Å². The van der Waals surface area contributed by atoms with E-state index < -0.39 is 11.9 Å². The average molecular weight is 448 g/mol. The van der Waals surface area contributed by atoms with Gasteiger partial charge in [0.25, 0.3) is 0 Å². The van der Waals surface area contributed by atoms with Crippen molar-refractivity contribution in [3.63, 3.8) is 0 Å². The van der Waals surface area contributed by atoms with Crippen molar-refractivity contribution in [3.05, 3.63) is 106 Å². The summed E-state index contributed by atoms with van der Waals surface area (Å²) in [6.45, 7) is 0. The van der Waals surface area contributed by atoms with Gasteiger partial charge in [0.05, 0.1) is 11.1 Å². The predicted molar refractivity (Wildman–Crippen MR) is 113 cm³/mol. The molecule has 4 rings (SSSR count). The maximum Gasteiger partial charge on any atom is 0.368 e. The number of benzene rings is 3. The molecule has 0 amide bonds. The molecule has 0 spiro atoms. The van der Waals surface area contributed by atoms with Gasteiger partial charge in [0.1, 0.15) is 11.5 Å². The van der Waals surface area contributed by atoms with Gasteiger partial charge < -0.3 is 9.57 Å². The lowest BCUT2D eigenvalue weighted by Crippen LogP contribution is -2.09. The van der Waals surface area contributed by atoms with Gasteiger partial charge in [-0.2, -0.15) is 0 Å². The first-order chi connectivity index (χ1) is 14.1. The van der Waals surface area contributed by atoms with Gasteiger partial charge in [-0.3, -0.25) is 0 Å². The molecule has 0 atom stereocenters. The standard InChI is InChI=1S/C23H14BrNO4/c24-20-9-5-4-8-18(20)22(26)28-17-12-10-15(11-13-17)14-19-21(25-29-23(19)27)16-6-2-1-3-7-16/h1-14H/b19-14+. The van der Waals surface area contributed by atoms with Crippen molar-refractivity contribution >= 4 is 39.7 Å². The van der Waals surface area contributed by atoms with Crippen LogP contribution in [0.4, 0.5) is 0 Å². The van der Waals surface area contributed by atoms with Crippen LogP contribution in [-0.4, -0.2) is 17.7 Å². The number of halogens is 1. The highest BCUT2D eigenvalue weighted by Crippen LogP contribution is 2.23. The van der Waals surface area contributed by atoms with Crippen LogP contribution in [0.15, 0.2) is 94.1 Å². The number of esters is 1. The van der Waals surface area contributed by atoms with Crippen molar-refractivity contribution in [1.29, 1.82) is 0 Å². The van der Waals surface area contributed by atoms with Crippen molar-refractivity contribution in [2.45, 2.75) is 0 Å². The molecule has 0 aromatic heterocycles. The summed E-state index contributed by atoms with van der Waals surface area (Å²) in [4.78, 5) is 29.2. The van der Waals surface area contributed by atoms with Crippen LogP contribution >= 0.6 is 15.9 Å². The highest BCUT2D eigenvalue weighted by Gasteiger charge is 2.26. The van der Waals surface area contributed by atoms with Crippen molar-refractivity contribution in [1.82, 2.24) is 0 Å². The van der Waals surface area contributed by atoms with E-state index in [1.807, 2.05) is 36.4 Å². The summed E-state index contributed by atoms with van der Waals surface area (Å²) >= 11 is 3.34. The Morgan fingerprint density at radius 1 is 0.931 bits per heavy atom. The minimum absolute atomic E-state index is 0.370. The lowest BCUT2D eigenvalue weighted by atomic mass is 10.0. The van der Waals surface area contributed by atoms with Gasteiger partial charge in [0.15, 0.2) is 0 Å². The molecule has 0 radical (unpaired) electrons. The summed E-state index contributed by atoms with van der Waals surface area (Å²) in [7, 11) is 0. The van der Waals surface area contributed by atoms with Crippen molar-refractivity contribution < 1.29 is 19.2 Å². The largest absolute Gasteiger partial charge is 0.423 e. The molecule has 1 heterocycles. The summed E-state index contributed by atoms with van der Waals surface area (Å²) < 4.78 is 6.08. The molecule has 0 fully saturated rings. The van der Waals surface area contributed by atoms with Gasteiger partial charge in [-0.25, -0.2) is 9.59 Å². The Morgan fingerprint density at radius 2 is 1.62 bits per heavy atom. The minimum atomic E-state index is -0.506. The van der Waals surface area contributed by atoms with E-state index in [0.717, 1.165) is 11.1 Å². The number of carbonyl (C=O) groups is 2. The molecule has 0 N–H and O–H groups in total. The number of carbonyl (C=O) groups excluding carboxylic acids is 2. The molecule has 29 heavy (non-hydrogen) atoms. The van der Waals surface area contributed by atoms with E-state index in [1.165, 1.54) is 0 Å². The summed E-state index contributed by atoms with van der Waals surface area (Å²) in [5.41, 5.74) is 2.84. The van der Waals surface area contributed by atoms with E-state index in [0.29, 0.717) is 27.1 Å². The van der Waals surface area contributed by atoms with E-state index >= 15 is 0 Å². The number of nitrogens with zero attached hydrogens (tertiary/aromatic N) is 1. The fraction of sp³-hybridized carbons (Fsp3) is 0. The molecular weight excluding hydrogens is 434 g/mol. The van der Waals surface area contributed by atoms with Crippen LogP contribution in [0, 0.1) is 0 Å². The molecule has 3 aromatic carbocycles. The first-order valence-corrected chi connectivity index (χ1v) is 9.55. The van der Waals surface area contributed by atoms with Crippen LogP contribution in [0.1, 0.15) is 21.5 Å². The molecule has 0 saturated heterocycles. The third-order valence-corrected chi connectivity index (χ3v) is 4.93. The molecular formula is C23H14BrNO4. The second kappa shape index (κ2) is 8.24. The fourth-order valence-electron chi connectivity index (χ4n) is 2.80.